The smallest absolute Gasteiger partial charge is 0.223 e. The van der Waals surface area contributed by atoms with E-state index in [1.54, 1.807) is 30.6 Å². The molecule has 4 aromatic rings. The highest BCUT2D eigenvalue weighted by Crippen LogP contribution is 2.29. The van der Waals surface area contributed by atoms with Gasteiger partial charge < -0.3 is 10.1 Å². The summed E-state index contributed by atoms with van der Waals surface area (Å²) in [4.78, 5) is 23.8. The number of amides is 1. The molecule has 0 fully saturated rings. The maximum atomic E-state index is 13.5. The Kier molecular flexibility index (Phi) is 3.89. The highest BCUT2D eigenvalue weighted by Gasteiger charge is 2.13. The van der Waals surface area contributed by atoms with E-state index in [0.29, 0.717) is 22.7 Å². The molecule has 26 heavy (non-hydrogen) atoms. The average molecular weight is 347 g/mol. The average Bonchev–Trinajstić information content (AvgIpc) is 3.03. The van der Waals surface area contributed by atoms with Crippen LogP contribution in [0.2, 0.25) is 0 Å². The van der Waals surface area contributed by atoms with Crippen LogP contribution in [0.1, 0.15) is 5.69 Å². The SMILES string of the molecule is NC(=O)Cc1cnc2ccc(-c3cccnc3-c3cccc(F)n3)cn12. The van der Waals surface area contributed by atoms with Gasteiger partial charge in [-0.05, 0) is 30.3 Å². The molecule has 4 heterocycles. The fourth-order valence-electron chi connectivity index (χ4n) is 2.88. The second kappa shape index (κ2) is 6.36. The van der Waals surface area contributed by atoms with Gasteiger partial charge in [0.15, 0.2) is 0 Å². The molecule has 6 nitrogen and oxygen atoms in total. The lowest BCUT2D eigenvalue weighted by Gasteiger charge is -2.09. The molecule has 0 aromatic carbocycles. The predicted molar refractivity (Wildman–Crippen MR) is 94.5 cm³/mol. The van der Waals surface area contributed by atoms with E-state index in [4.69, 9.17) is 5.73 Å². The molecular formula is C19H14FN5O. The molecule has 0 saturated carbocycles. The summed E-state index contributed by atoms with van der Waals surface area (Å²) in [5.74, 6) is -0.990. The maximum Gasteiger partial charge on any atom is 0.223 e. The first-order valence-electron chi connectivity index (χ1n) is 7.94. The van der Waals surface area contributed by atoms with E-state index in [2.05, 4.69) is 15.0 Å². The lowest BCUT2D eigenvalue weighted by molar-refractivity contribution is -0.117. The minimum atomic E-state index is -0.562. The summed E-state index contributed by atoms with van der Waals surface area (Å²) in [5.41, 5.74) is 9.37. The van der Waals surface area contributed by atoms with Crippen molar-refractivity contribution >= 4 is 11.6 Å². The summed E-state index contributed by atoms with van der Waals surface area (Å²) in [6.07, 6.45) is 5.22. The number of pyridine rings is 3. The van der Waals surface area contributed by atoms with Gasteiger partial charge in [-0.1, -0.05) is 12.1 Å². The van der Waals surface area contributed by atoms with Crippen LogP contribution in [0.4, 0.5) is 4.39 Å². The number of aromatic nitrogens is 4. The van der Waals surface area contributed by atoms with Gasteiger partial charge in [-0.2, -0.15) is 4.39 Å². The number of imidazole rings is 1. The zero-order chi connectivity index (χ0) is 18.1. The summed E-state index contributed by atoms with van der Waals surface area (Å²) in [6, 6.07) is 12.0. The number of nitrogens with two attached hydrogens (primary N) is 1. The molecule has 1 amide bonds. The lowest BCUT2D eigenvalue weighted by Crippen LogP contribution is -2.14. The minimum Gasteiger partial charge on any atom is -0.369 e. The van der Waals surface area contributed by atoms with Crippen LogP contribution in [0.25, 0.3) is 28.2 Å². The standard InChI is InChI=1S/C19H14FN5O/c20-16-5-1-4-15(24-16)19-14(3-2-8-22-19)12-6-7-18-23-10-13(9-17(21)26)25(18)11-12/h1-8,10-11H,9H2,(H2,21,26). The Morgan fingerprint density at radius 2 is 2.00 bits per heavy atom. The predicted octanol–water partition coefficient (Wildman–Crippen LogP) is 2.63. The first kappa shape index (κ1) is 15.9. The highest BCUT2D eigenvalue weighted by molar-refractivity contribution is 5.80. The quantitative estimate of drug-likeness (QED) is 0.575. The molecule has 128 valence electrons. The molecule has 0 saturated heterocycles. The molecule has 4 rings (SSSR count). The minimum absolute atomic E-state index is 0.0932. The first-order chi connectivity index (χ1) is 12.6. The van der Waals surface area contributed by atoms with Gasteiger partial charge in [0.05, 0.1) is 23.5 Å². The topological polar surface area (TPSA) is 86.2 Å². The molecule has 0 aliphatic carbocycles. The Morgan fingerprint density at radius 3 is 2.81 bits per heavy atom. The van der Waals surface area contributed by atoms with Crippen LogP contribution in [0, 0.1) is 5.95 Å². The second-order valence-corrected chi connectivity index (χ2v) is 5.78. The van der Waals surface area contributed by atoms with Crippen molar-refractivity contribution in [1.82, 2.24) is 19.4 Å². The maximum absolute atomic E-state index is 13.5. The van der Waals surface area contributed by atoms with E-state index in [1.807, 2.05) is 28.8 Å². The van der Waals surface area contributed by atoms with E-state index in [-0.39, 0.29) is 6.42 Å². The number of hydrogen-bond acceptors (Lipinski definition) is 4. The molecule has 0 unspecified atom stereocenters. The van der Waals surface area contributed by atoms with Gasteiger partial charge in [0.25, 0.3) is 0 Å². The van der Waals surface area contributed by atoms with Crippen LogP contribution < -0.4 is 5.73 Å². The fraction of sp³-hybridized carbons (Fsp3) is 0.0526. The van der Waals surface area contributed by atoms with Gasteiger partial charge in [0.1, 0.15) is 5.65 Å². The molecule has 0 aliphatic rings. The number of fused-ring (bicyclic) bond motifs is 1. The molecule has 2 N–H and O–H groups in total. The Morgan fingerprint density at radius 1 is 1.12 bits per heavy atom. The van der Waals surface area contributed by atoms with Gasteiger partial charge in [0, 0.05) is 29.7 Å². The normalized spacial score (nSPS) is 11.0. The van der Waals surface area contributed by atoms with Crippen molar-refractivity contribution in [3.8, 4) is 22.5 Å². The number of carbonyl (C=O) groups excluding carboxylic acids is 1. The third-order valence-corrected chi connectivity index (χ3v) is 4.01. The number of hydrogen-bond donors (Lipinski definition) is 1. The van der Waals surface area contributed by atoms with E-state index in [0.717, 1.165) is 11.1 Å². The zero-order valence-corrected chi connectivity index (χ0v) is 13.6. The van der Waals surface area contributed by atoms with Crippen molar-refractivity contribution in [2.24, 2.45) is 5.73 Å². The van der Waals surface area contributed by atoms with Crippen molar-refractivity contribution in [2.75, 3.05) is 0 Å². The summed E-state index contributed by atoms with van der Waals surface area (Å²) < 4.78 is 15.3. The molecule has 0 aliphatic heterocycles. The lowest BCUT2D eigenvalue weighted by atomic mass is 10.0. The molecule has 4 aromatic heterocycles. The molecule has 0 bridgehead atoms. The molecule has 0 atom stereocenters. The van der Waals surface area contributed by atoms with Gasteiger partial charge in [-0.15, -0.1) is 0 Å². The number of nitrogens with zero attached hydrogens (tertiary/aromatic N) is 4. The molecular weight excluding hydrogens is 333 g/mol. The third-order valence-electron chi connectivity index (χ3n) is 4.01. The van der Waals surface area contributed by atoms with Crippen LogP contribution in [0.15, 0.2) is 61.1 Å². The largest absolute Gasteiger partial charge is 0.369 e. The Hall–Kier alpha value is -3.61. The highest BCUT2D eigenvalue weighted by atomic mass is 19.1. The van der Waals surface area contributed by atoms with Gasteiger partial charge in [-0.25, -0.2) is 9.97 Å². The Bertz CT molecular complexity index is 1120. The van der Waals surface area contributed by atoms with Gasteiger partial charge >= 0.3 is 0 Å². The number of halogens is 1. The van der Waals surface area contributed by atoms with Crippen LogP contribution >= 0.6 is 0 Å². The van der Waals surface area contributed by atoms with Crippen molar-refractivity contribution in [1.29, 1.82) is 0 Å². The number of carbonyl (C=O) groups is 1. The Balaban J connectivity index is 1.87. The zero-order valence-electron chi connectivity index (χ0n) is 13.6. The number of rotatable bonds is 4. The molecule has 0 radical (unpaired) electrons. The van der Waals surface area contributed by atoms with Crippen LogP contribution in [0.3, 0.4) is 0 Å². The molecule has 7 heteroatoms. The van der Waals surface area contributed by atoms with Crippen LogP contribution in [-0.4, -0.2) is 25.3 Å². The number of primary amides is 1. The summed E-state index contributed by atoms with van der Waals surface area (Å²) >= 11 is 0. The van der Waals surface area contributed by atoms with Crippen molar-refractivity contribution in [2.45, 2.75) is 6.42 Å². The second-order valence-electron chi connectivity index (χ2n) is 5.78. The van der Waals surface area contributed by atoms with Gasteiger partial charge in [0.2, 0.25) is 11.9 Å². The van der Waals surface area contributed by atoms with E-state index < -0.39 is 11.9 Å². The van der Waals surface area contributed by atoms with Crippen molar-refractivity contribution in [3.63, 3.8) is 0 Å². The van der Waals surface area contributed by atoms with E-state index in [1.165, 1.54) is 6.07 Å². The summed E-state index contributed by atoms with van der Waals surface area (Å²) in [5, 5.41) is 0. The Labute approximate surface area is 148 Å². The van der Waals surface area contributed by atoms with E-state index in [9.17, 15) is 9.18 Å². The van der Waals surface area contributed by atoms with Crippen LogP contribution in [-0.2, 0) is 11.2 Å². The van der Waals surface area contributed by atoms with Crippen LogP contribution in [0.5, 0.6) is 0 Å². The van der Waals surface area contributed by atoms with Crippen molar-refractivity contribution < 1.29 is 9.18 Å². The third kappa shape index (κ3) is 2.90. The first-order valence-corrected chi connectivity index (χ1v) is 7.94. The van der Waals surface area contributed by atoms with Gasteiger partial charge in [-0.3, -0.25) is 9.78 Å². The summed E-state index contributed by atoms with van der Waals surface area (Å²) in [7, 11) is 0. The van der Waals surface area contributed by atoms with Crippen molar-refractivity contribution in [3.05, 3.63) is 72.7 Å². The van der Waals surface area contributed by atoms with E-state index >= 15 is 0 Å². The monoisotopic (exact) mass is 347 g/mol. The summed E-state index contributed by atoms with van der Waals surface area (Å²) in [6.45, 7) is 0. The molecule has 0 spiro atoms. The fourth-order valence-corrected chi connectivity index (χ4v) is 2.88.